The van der Waals surface area contributed by atoms with Gasteiger partial charge in [0.25, 0.3) is 0 Å². The molecule has 0 aromatic rings. The maximum Gasteiger partial charge on any atom is 0.218 e. The van der Waals surface area contributed by atoms with Crippen LogP contribution < -0.4 is 5.32 Å². The fourth-order valence-electron chi connectivity index (χ4n) is 3.33. The van der Waals surface area contributed by atoms with Crippen molar-refractivity contribution in [2.45, 2.75) is 116 Å². The van der Waals surface area contributed by atoms with Gasteiger partial charge in [0.2, 0.25) is 5.91 Å². The van der Waals surface area contributed by atoms with Crippen LogP contribution in [0.3, 0.4) is 0 Å². The van der Waals surface area contributed by atoms with Crippen molar-refractivity contribution in [2.24, 2.45) is 0 Å². The summed E-state index contributed by atoms with van der Waals surface area (Å²) in [6.45, 7) is 27.8. The third kappa shape index (κ3) is 11.7. The van der Waals surface area contributed by atoms with E-state index >= 15 is 0 Å². The van der Waals surface area contributed by atoms with Crippen molar-refractivity contribution in [3.05, 3.63) is 0 Å². The lowest BCUT2D eigenvalue weighted by atomic mass is 9.98. The Balaban J connectivity index is 3.46. The number of carbonyl (C=O) groups is 1. The molecule has 1 N–H and O–H groups in total. The smallest absolute Gasteiger partial charge is 0.218 e. The highest BCUT2D eigenvalue weighted by atomic mass is 28.4. The Morgan fingerprint density at radius 2 is 1.13 bits per heavy atom. The lowest BCUT2D eigenvalue weighted by molar-refractivity contribution is -0.221. The monoisotopic (exact) mass is 509 g/mol. The summed E-state index contributed by atoms with van der Waals surface area (Å²) in [5.41, 5.74) is 0. The topological polar surface area (TPSA) is 75.3 Å². The van der Waals surface area contributed by atoms with Gasteiger partial charge in [-0.05, 0) is 78.6 Å². The van der Waals surface area contributed by atoms with Crippen LogP contribution in [0.1, 0.15) is 6.92 Å². The maximum absolute atomic E-state index is 12.0. The second-order valence-corrected chi connectivity index (χ2v) is 30.2. The predicted molar refractivity (Wildman–Crippen MR) is 136 cm³/mol. The number of ether oxygens (including phenoxy) is 1. The minimum absolute atomic E-state index is 0.157. The summed E-state index contributed by atoms with van der Waals surface area (Å²) in [4.78, 5) is 12.0. The Morgan fingerprint density at radius 3 is 1.52 bits per heavy atom. The van der Waals surface area contributed by atoms with E-state index in [9.17, 15) is 4.79 Å². The number of rotatable bonds is 10. The van der Waals surface area contributed by atoms with Gasteiger partial charge >= 0.3 is 0 Å². The highest BCUT2D eigenvalue weighted by Gasteiger charge is 2.51. The molecule has 0 spiro atoms. The van der Waals surface area contributed by atoms with Crippen molar-refractivity contribution >= 4 is 39.2 Å². The lowest BCUT2D eigenvalue weighted by Gasteiger charge is -2.51. The molecule has 0 aromatic heterocycles. The van der Waals surface area contributed by atoms with E-state index in [1.807, 2.05) is 0 Å². The summed E-state index contributed by atoms with van der Waals surface area (Å²) < 4.78 is 32.7. The van der Waals surface area contributed by atoms with Crippen molar-refractivity contribution in [1.82, 2.24) is 5.32 Å². The zero-order chi connectivity index (χ0) is 24.4. The van der Waals surface area contributed by atoms with E-state index in [-0.39, 0.29) is 24.2 Å². The van der Waals surface area contributed by atoms with Crippen molar-refractivity contribution < 1.29 is 27.2 Å². The normalized spacial score (nSPS) is 28.5. The molecule has 5 atom stereocenters. The van der Waals surface area contributed by atoms with Gasteiger partial charge in [0.05, 0.1) is 6.61 Å². The predicted octanol–water partition coefficient (Wildman–Crippen LogP) is 4.36. The third-order valence-corrected chi connectivity index (χ3v) is 8.10. The van der Waals surface area contributed by atoms with Crippen LogP contribution in [0, 0.1) is 0 Å². The molecule has 0 aliphatic carbocycles. The van der Waals surface area contributed by atoms with E-state index in [0.717, 1.165) is 0 Å². The molecule has 1 heterocycles. The summed E-state index contributed by atoms with van der Waals surface area (Å²) in [5.74, 6) is -0.157. The SMILES string of the molecule is CC(=O)NC1OC(CO[Si](C)(C)C)C(O[Si](C)(C)C)C(O[Si](C)(C)C)C1O[Si](C)(C)C. The third-order valence-electron chi connectivity index (χ3n) is 4.13. The van der Waals surface area contributed by atoms with Gasteiger partial charge in [-0.25, -0.2) is 0 Å². The second-order valence-electron chi connectivity index (χ2n) is 12.3. The molecule has 184 valence electrons. The minimum atomic E-state index is -1.98. The number of nitrogens with one attached hydrogen (secondary N) is 1. The molecule has 5 unspecified atom stereocenters. The van der Waals surface area contributed by atoms with Gasteiger partial charge in [0.15, 0.2) is 39.5 Å². The van der Waals surface area contributed by atoms with E-state index in [1.54, 1.807) is 0 Å². The van der Waals surface area contributed by atoms with E-state index in [4.69, 9.17) is 22.4 Å². The van der Waals surface area contributed by atoms with Crippen LogP contribution >= 0.6 is 0 Å². The van der Waals surface area contributed by atoms with Crippen molar-refractivity contribution in [3.8, 4) is 0 Å². The van der Waals surface area contributed by atoms with Gasteiger partial charge in [0, 0.05) is 6.92 Å². The highest BCUT2D eigenvalue weighted by molar-refractivity contribution is 6.71. The average molecular weight is 510 g/mol. The van der Waals surface area contributed by atoms with E-state index < -0.39 is 45.6 Å². The van der Waals surface area contributed by atoms with Crippen molar-refractivity contribution in [2.75, 3.05) is 6.61 Å². The van der Waals surface area contributed by atoms with E-state index in [0.29, 0.717) is 6.61 Å². The zero-order valence-corrected chi connectivity index (χ0v) is 26.0. The molecule has 1 aliphatic rings. The first-order chi connectivity index (χ1) is 13.7. The fraction of sp³-hybridized carbons (Fsp3) is 0.950. The quantitative estimate of drug-likeness (QED) is 0.441. The van der Waals surface area contributed by atoms with Crippen molar-refractivity contribution in [1.29, 1.82) is 0 Å². The molecule has 0 radical (unpaired) electrons. The zero-order valence-electron chi connectivity index (χ0n) is 22.0. The molecule has 1 saturated heterocycles. The Morgan fingerprint density at radius 1 is 0.710 bits per heavy atom. The number of hydrogen-bond donors (Lipinski definition) is 1. The van der Waals surface area contributed by atoms with Gasteiger partial charge in [-0.2, -0.15) is 0 Å². The molecule has 31 heavy (non-hydrogen) atoms. The summed E-state index contributed by atoms with van der Waals surface area (Å²) in [5, 5.41) is 2.96. The van der Waals surface area contributed by atoms with Crippen LogP contribution in [-0.2, 0) is 27.2 Å². The Bertz CT molecular complexity index is 594. The summed E-state index contributed by atoms with van der Waals surface area (Å²) in [7, 11) is -7.66. The van der Waals surface area contributed by atoms with Crippen LogP contribution in [-0.4, -0.2) is 76.4 Å². The van der Waals surface area contributed by atoms with Crippen LogP contribution in [0.5, 0.6) is 0 Å². The Labute approximate surface area is 194 Å². The standard InChI is InChI=1S/C20H47NO6Si4/c1-15(22)21-20-19(27-31(11,12)13)18(26-30(8,9)10)17(25-29(5,6)7)16(24-20)14-23-28(2,3)4/h16-20H,14H2,1-13H3,(H,21,22). The number of amides is 1. The molecule has 11 heteroatoms. The molecule has 1 fully saturated rings. The molecule has 1 amide bonds. The highest BCUT2D eigenvalue weighted by Crippen LogP contribution is 2.33. The van der Waals surface area contributed by atoms with Crippen LogP contribution in [0.2, 0.25) is 78.6 Å². The molecule has 7 nitrogen and oxygen atoms in total. The molecular formula is C20H47NO6Si4. The fourth-order valence-corrected chi connectivity index (χ4v) is 7.25. The van der Waals surface area contributed by atoms with Gasteiger partial charge in [-0.15, -0.1) is 0 Å². The lowest BCUT2D eigenvalue weighted by Crippen LogP contribution is -2.69. The summed E-state index contributed by atoms with van der Waals surface area (Å²) >= 11 is 0. The van der Waals surface area contributed by atoms with Gasteiger partial charge < -0.3 is 27.8 Å². The largest absolute Gasteiger partial charge is 0.415 e. The molecule has 1 rings (SSSR count). The Kier molecular flexibility index (Phi) is 9.97. The number of hydrogen-bond acceptors (Lipinski definition) is 6. The van der Waals surface area contributed by atoms with Crippen LogP contribution in [0.15, 0.2) is 0 Å². The summed E-state index contributed by atoms with van der Waals surface area (Å²) in [6, 6.07) is 0. The van der Waals surface area contributed by atoms with Crippen LogP contribution in [0.25, 0.3) is 0 Å². The first-order valence-electron chi connectivity index (χ1n) is 11.3. The second kappa shape index (κ2) is 10.6. The molecule has 0 saturated carbocycles. The molecular weight excluding hydrogens is 463 g/mol. The first kappa shape index (κ1) is 29.2. The Hall–Kier alpha value is 0.138. The summed E-state index contributed by atoms with van der Waals surface area (Å²) in [6.07, 6.45) is -2.06. The van der Waals surface area contributed by atoms with Gasteiger partial charge in [-0.1, -0.05) is 0 Å². The van der Waals surface area contributed by atoms with Crippen molar-refractivity contribution in [3.63, 3.8) is 0 Å². The minimum Gasteiger partial charge on any atom is -0.415 e. The molecule has 0 bridgehead atoms. The van der Waals surface area contributed by atoms with E-state index in [1.165, 1.54) is 6.92 Å². The van der Waals surface area contributed by atoms with Gasteiger partial charge in [0.1, 0.15) is 24.4 Å². The van der Waals surface area contributed by atoms with Crippen LogP contribution in [0.4, 0.5) is 0 Å². The van der Waals surface area contributed by atoms with Gasteiger partial charge in [-0.3, -0.25) is 4.79 Å². The molecule has 0 aromatic carbocycles. The average Bonchev–Trinajstić information content (AvgIpc) is 2.46. The maximum atomic E-state index is 12.0. The first-order valence-corrected chi connectivity index (χ1v) is 24.9. The number of carbonyl (C=O) groups excluding carboxylic acids is 1. The molecule has 1 aliphatic heterocycles. The van der Waals surface area contributed by atoms with E-state index in [2.05, 4.69) is 83.9 Å².